The van der Waals surface area contributed by atoms with E-state index in [4.69, 9.17) is 0 Å². The van der Waals surface area contributed by atoms with Crippen LogP contribution in [0.5, 0.6) is 0 Å². The van der Waals surface area contributed by atoms with Crippen LogP contribution in [0.15, 0.2) is 49.1 Å². The van der Waals surface area contributed by atoms with Crippen LogP contribution in [-0.4, -0.2) is 38.5 Å². The number of piperidine rings is 1. The number of hydrogen-bond acceptors (Lipinski definition) is 5. The molecule has 3 heterocycles. The van der Waals surface area contributed by atoms with Gasteiger partial charge in [0.15, 0.2) is 0 Å². The molecule has 1 saturated heterocycles. The first-order valence-corrected chi connectivity index (χ1v) is 9.24. The second-order valence-corrected chi connectivity index (χ2v) is 6.81. The molecule has 8 heteroatoms. The van der Waals surface area contributed by atoms with Crippen molar-refractivity contribution in [3.8, 4) is 5.82 Å². The van der Waals surface area contributed by atoms with Gasteiger partial charge in [-0.2, -0.15) is 0 Å². The van der Waals surface area contributed by atoms with Gasteiger partial charge in [0.05, 0.1) is 5.69 Å². The zero-order valence-electron chi connectivity index (χ0n) is 15.5. The van der Waals surface area contributed by atoms with Crippen molar-refractivity contribution in [3.63, 3.8) is 0 Å². The summed E-state index contributed by atoms with van der Waals surface area (Å²) in [6.07, 6.45) is 6.51. The molecule has 1 aliphatic heterocycles. The van der Waals surface area contributed by atoms with Crippen molar-refractivity contribution in [1.29, 1.82) is 0 Å². The van der Waals surface area contributed by atoms with E-state index >= 15 is 0 Å². The number of imidazole rings is 1. The predicted molar refractivity (Wildman–Crippen MR) is 104 cm³/mol. The molecule has 7 nitrogen and oxygen atoms in total. The average molecular weight is 380 g/mol. The molecular weight excluding hydrogens is 359 g/mol. The fourth-order valence-electron chi connectivity index (χ4n) is 3.43. The molecule has 0 saturated carbocycles. The standard InChI is InChI=1S/C20H21FN6O/c1-14-22-8-11-27(14)19-12-18(23-13-24-19)26-9-6-15(7-10-26)20(28)25-17-5-3-2-4-16(17)21/h2-5,8,11-13,15H,6-7,9-10H2,1H3,(H,25,28). The monoisotopic (exact) mass is 380 g/mol. The van der Waals surface area contributed by atoms with Gasteiger partial charge in [-0.1, -0.05) is 12.1 Å². The maximum atomic E-state index is 13.7. The van der Waals surface area contributed by atoms with Crippen LogP contribution in [0.4, 0.5) is 15.9 Å². The van der Waals surface area contributed by atoms with Gasteiger partial charge in [-0.25, -0.2) is 19.3 Å². The molecule has 0 atom stereocenters. The number of halogens is 1. The summed E-state index contributed by atoms with van der Waals surface area (Å²) in [5.41, 5.74) is 0.228. The number of carbonyl (C=O) groups excluding carboxylic acids is 1. The summed E-state index contributed by atoms with van der Waals surface area (Å²) in [6.45, 7) is 3.32. The number of benzene rings is 1. The number of amides is 1. The van der Waals surface area contributed by atoms with E-state index in [-0.39, 0.29) is 17.5 Å². The van der Waals surface area contributed by atoms with Crippen LogP contribution in [0.2, 0.25) is 0 Å². The summed E-state index contributed by atoms with van der Waals surface area (Å²) >= 11 is 0. The highest BCUT2D eigenvalue weighted by Crippen LogP contribution is 2.24. The first kappa shape index (κ1) is 18.1. The largest absolute Gasteiger partial charge is 0.356 e. The fraction of sp³-hybridized carbons (Fsp3) is 0.300. The fourth-order valence-corrected chi connectivity index (χ4v) is 3.43. The molecule has 1 fully saturated rings. The third kappa shape index (κ3) is 3.71. The van der Waals surface area contributed by atoms with E-state index < -0.39 is 5.82 Å². The van der Waals surface area contributed by atoms with Crippen LogP contribution in [0, 0.1) is 18.7 Å². The van der Waals surface area contributed by atoms with Gasteiger partial charge in [0, 0.05) is 37.5 Å². The zero-order chi connectivity index (χ0) is 19.5. The highest BCUT2D eigenvalue weighted by molar-refractivity contribution is 5.92. The molecule has 3 aromatic rings. The highest BCUT2D eigenvalue weighted by Gasteiger charge is 2.26. The van der Waals surface area contributed by atoms with Crippen molar-refractivity contribution in [1.82, 2.24) is 19.5 Å². The normalized spacial score (nSPS) is 14.9. The lowest BCUT2D eigenvalue weighted by Gasteiger charge is -2.32. The van der Waals surface area contributed by atoms with Gasteiger partial charge in [0.2, 0.25) is 5.91 Å². The molecule has 0 spiro atoms. The lowest BCUT2D eigenvalue weighted by molar-refractivity contribution is -0.120. The molecule has 4 rings (SSSR count). The molecule has 1 N–H and O–H groups in total. The Kier molecular flexibility index (Phi) is 5.01. The Morgan fingerprint density at radius 1 is 1.14 bits per heavy atom. The van der Waals surface area contributed by atoms with E-state index in [1.807, 2.05) is 23.8 Å². The summed E-state index contributed by atoms with van der Waals surface area (Å²) < 4.78 is 15.6. The second-order valence-electron chi connectivity index (χ2n) is 6.81. The number of aromatic nitrogens is 4. The van der Waals surface area contributed by atoms with Crippen molar-refractivity contribution < 1.29 is 9.18 Å². The minimum atomic E-state index is -0.420. The van der Waals surface area contributed by atoms with Crippen LogP contribution >= 0.6 is 0 Å². The summed E-state index contributed by atoms with van der Waals surface area (Å²) in [7, 11) is 0. The molecule has 0 radical (unpaired) electrons. The van der Waals surface area contributed by atoms with Gasteiger partial charge in [-0.05, 0) is 31.9 Å². The number of carbonyl (C=O) groups is 1. The van der Waals surface area contributed by atoms with Gasteiger partial charge >= 0.3 is 0 Å². The predicted octanol–water partition coefficient (Wildman–Crippen LogP) is 2.96. The smallest absolute Gasteiger partial charge is 0.227 e. The molecule has 1 amide bonds. The van der Waals surface area contributed by atoms with E-state index in [1.165, 1.54) is 6.07 Å². The Morgan fingerprint density at radius 2 is 1.89 bits per heavy atom. The van der Waals surface area contributed by atoms with Crippen molar-refractivity contribution in [2.45, 2.75) is 19.8 Å². The minimum absolute atomic E-state index is 0.137. The topological polar surface area (TPSA) is 75.9 Å². The van der Waals surface area contributed by atoms with Gasteiger partial charge < -0.3 is 10.2 Å². The molecular formula is C20H21FN6O. The Morgan fingerprint density at radius 3 is 2.61 bits per heavy atom. The number of rotatable bonds is 4. The SMILES string of the molecule is Cc1nccn1-c1cc(N2CCC(C(=O)Nc3ccccc3F)CC2)ncn1. The van der Waals surface area contributed by atoms with E-state index in [0.717, 1.165) is 17.5 Å². The number of aryl methyl sites for hydroxylation is 1. The van der Waals surface area contributed by atoms with Crippen molar-refractivity contribution in [2.75, 3.05) is 23.3 Å². The maximum Gasteiger partial charge on any atom is 0.227 e. The summed E-state index contributed by atoms with van der Waals surface area (Å²) in [5.74, 6) is 1.74. The van der Waals surface area contributed by atoms with Crippen molar-refractivity contribution in [2.24, 2.45) is 5.92 Å². The number of para-hydroxylation sites is 1. The Balaban J connectivity index is 1.40. The molecule has 2 aromatic heterocycles. The summed E-state index contributed by atoms with van der Waals surface area (Å²) in [5, 5.41) is 2.70. The van der Waals surface area contributed by atoms with Gasteiger partial charge in [-0.15, -0.1) is 0 Å². The minimum Gasteiger partial charge on any atom is -0.356 e. The third-order valence-corrected chi connectivity index (χ3v) is 5.03. The lowest BCUT2D eigenvalue weighted by Crippen LogP contribution is -2.38. The van der Waals surface area contributed by atoms with Crippen molar-refractivity contribution >= 4 is 17.4 Å². The van der Waals surface area contributed by atoms with Gasteiger partial charge in [0.25, 0.3) is 0 Å². The summed E-state index contributed by atoms with van der Waals surface area (Å²) in [6, 6.07) is 8.14. The average Bonchev–Trinajstić information content (AvgIpc) is 3.16. The van der Waals surface area contributed by atoms with E-state index in [2.05, 4.69) is 25.2 Å². The third-order valence-electron chi connectivity index (χ3n) is 5.03. The molecule has 144 valence electrons. The molecule has 1 aromatic carbocycles. The molecule has 0 bridgehead atoms. The van der Waals surface area contributed by atoms with E-state index in [9.17, 15) is 9.18 Å². The van der Waals surface area contributed by atoms with E-state index in [0.29, 0.717) is 25.9 Å². The maximum absolute atomic E-state index is 13.7. The van der Waals surface area contributed by atoms with Gasteiger partial charge in [0.1, 0.15) is 29.6 Å². The van der Waals surface area contributed by atoms with Crippen LogP contribution < -0.4 is 10.2 Å². The Labute approximate surface area is 162 Å². The lowest BCUT2D eigenvalue weighted by atomic mass is 9.95. The first-order valence-electron chi connectivity index (χ1n) is 9.24. The van der Waals surface area contributed by atoms with Crippen LogP contribution in [-0.2, 0) is 4.79 Å². The Hall–Kier alpha value is -3.29. The molecule has 28 heavy (non-hydrogen) atoms. The zero-order valence-corrected chi connectivity index (χ0v) is 15.5. The molecule has 1 aliphatic rings. The first-order chi connectivity index (χ1) is 13.6. The van der Waals surface area contributed by atoms with Crippen LogP contribution in [0.25, 0.3) is 5.82 Å². The molecule has 0 unspecified atom stereocenters. The Bertz CT molecular complexity index is 980. The van der Waals surface area contributed by atoms with Crippen molar-refractivity contribution in [3.05, 3.63) is 60.7 Å². The number of nitrogens with zero attached hydrogens (tertiary/aromatic N) is 5. The van der Waals surface area contributed by atoms with E-state index in [1.54, 1.807) is 30.7 Å². The van der Waals surface area contributed by atoms with Crippen LogP contribution in [0.1, 0.15) is 18.7 Å². The molecule has 0 aliphatic carbocycles. The number of anilines is 2. The number of nitrogens with one attached hydrogen (secondary N) is 1. The quantitative estimate of drug-likeness (QED) is 0.753. The number of hydrogen-bond donors (Lipinski definition) is 1. The highest BCUT2D eigenvalue weighted by atomic mass is 19.1. The summed E-state index contributed by atoms with van der Waals surface area (Å²) in [4.78, 5) is 27.5. The van der Waals surface area contributed by atoms with Crippen LogP contribution in [0.3, 0.4) is 0 Å². The second kappa shape index (κ2) is 7.75. The van der Waals surface area contributed by atoms with Gasteiger partial charge in [-0.3, -0.25) is 9.36 Å².